The second-order valence-corrected chi connectivity index (χ2v) is 14.1. The van der Waals surface area contributed by atoms with E-state index in [2.05, 4.69) is 10.6 Å². The van der Waals surface area contributed by atoms with Crippen LogP contribution in [-0.2, 0) is 36.8 Å². The number of hydrogen-bond acceptors (Lipinski definition) is 9. The number of carboxylic acid groups (broad SMARTS) is 1. The van der Waals surface area contributed by atoms with E-state index in [1.807, 2.05) is 0 Å². The Hall–Kier alpha value is -4.32. The van der Waals surface area contributed by atoms with Crippen LogP contribution in [-0.4, -0.2) is 111 Å². The van der Waals surface area contributed by atoms with Gasteiger partial charge in [-0.3, -0.25) is 34.6 Å². The van der Waals surface area contributed by atoms with Crippen molar-refractivity contribution in [3.05, 3.63) is 70.5 Å². The number of amides is 2. The molecule has 2 aromatic rings. The SMILES string of the molecule is CCC(N[C@@H](Cc1ccccc1)C(=O)O)C(=O)[C@@H]1C[C@@H](O)CN1C(=O)C1CCCN1C(=O)CNC(CC)(CC)C(=O)[C@@H](N)Cc1c(F)c(F)c(F)c(F)c1F. The summed E-state index contributed by atoms with van der Waals surface area (Å²) in [5, 5.41) is 26.3. The third kappa shape index (κ3) is 9.39. The Bertz CT molecular complexity index is 1720. The quantitative estimate of drug-likeness (QED) is 0.0857. The molecule has 6 N–H and O–H groups in total. The zero-order chi connectivity index (χ0) is 40.8. The summed E-state index contributed by atoms with van der Waals surface area (Å²) in [6.45, 7) is 4.35. The van der Waals surface area contributed by atoms with Gasteiger partial charge in [0.25, 0.3) is 0 Å². The molecule has 0 radical (unpaired) electrons. The number of likely N-dealkylation sites (tertiary alicyclic amines) is 2. The van der Waals surface area contributed by atoms with E-state index in [4.69, 9.17) is 5.73 Å². The fourth-order valence-corrected chi connectivity index (χ4v) is 7.56. The second kappa shape index (κ2) is 18.5. The lowest BCUT2D eigenvalue weighted by Gasteiger charge is -2.35. The van der Waals surface area contributed by atoms with Crippen molar-refractivity contribution < 1.29 is 56.1 Å². The Balaban J connectivity index is 1.45. The molecular formula is C38H48F5N5O7. The number of nitrogens with one attached hydrogen (secondary N) is 2. The topological polar surface area (TPSA) is 182 Å². The van der Waals surface area contributed by atoms with E-state index >= 15 is 0 Å². The van der Waals surface area contributed by atoms with E-state index in [9.17, 15) is 56.1 Å². The van der Waals surface area contributed by atoms with Crippen LogP contribution in [0.3, 0.4) is 0 Å². The van der Waals surface area contributed by atoms with Crippen LogP contribution in [0.2, 0.25) is 0 Å². The van der Waals surface area contributed by atoms with E-state index < -0.39 is 119 Å². The number of β-amino-alcohol motifs (C(OH)–C–C–N with tert-alkyl or cyclic N) is 1. The summed E-state index contributed by atoms with van der Waals surface area (Å²) in [6.07, 6.45) is -1.11. The van der Waals surface area contributed by atoms with Crippen molar-refractivity contribution in [2.45, 2.75) is 114 Å². The molecule has 4 rings (SSSR count). The highest BCUT2D eigenvalue weighted by molar-refractivity contribution is 5.97. The third-order valence-corrected chi connectivity index (χ3v) is 10.8. The number of Topliss-reactive ketones (excluding diaryl/α,β-unsaturated/α-hetero) is 2. The maximum atomic E-state index is 14.4. The van der Waals surface area contributed by atoms with Gasteiger partial charge in [0.2, 0.25) is 17.6 Å². The fourth-order valence-electron chi connectivity index (χ4n) is 7.56. The summed E-state index contributed by atoms with van der Waals surface area (Å²) in [7, 11) is 0. The average Bonchev–Trinajstić information content (AvgIpc) is 3.84. The van der Waals surface area contributed by atoms with Crippen LogP contribution >= 0.6 is 0 Å². The number of aliphatic carboxylic acids is 1. The second-order valence-electron chi connectivity index (χ2n) is 14.1. The van der Waals surface area contributed by atoms with Crippen LogP contribution in [0, 0.1) is 29.1 Å². The minimum Gasteiger partial charge on any atom is -0.480 e. The molecule has 0 aromatic heterocycles. The summed E-state index contributed by atoms with van der Waals surface area (Å²) in [6, 6.07) is 2.96. The number of benzene rings is 2. The molecule has 2 amide bonds. The van der Waals surface area contributed by atoms with Crippen LogP contribution in [0.25, 0.3) is 0 Å². The van der Waals surface area contributed by atoms with Crippen molar-refractivity contribution in [2.75, 3.05) is 19.6 Å². The zero-order valence-corrected chi connectivity index (χ0v) is 30.9. The van der Waals surface area contributed by atoms with Crippen molar-refractivity contribution in [1.82, 2.24) is 20.4 Å². The average molecular weight is 782 g/mol. The standard InChI is InChI=1S/C38H48F5N5O7/c1-4-24(46-25(37(54)55)15-20-11-8-7-9-12-20)34(51)27-16-21(49)19-48(27)36(53)26-13-10-14-47(26)28(50)18-45-38(5-2,6-3)35(52)23(44)17-22-29(39)31(41)33(43)32(42)30(22)40/h7-9,11-12,21,23-27,45-46,49H,4-6,10,13-19,44H2,1-3H3,(H,54,55)/t21-,23+,24?,25+,26?,27+/m1/s1. The molecule has 2 aliphatic rings. The van der Waals surface area contributed by atoms with Gasteiger partial charge in [-0.1, -0.05) is 51.1 Å². The number of rotatable bonds is 18. The van der Waals surface area contributed by atoms with Gasteiger partial charge in [0, 0.05) is 31.5 Å². The molecule has 0 spiro atoms. The first-order valence-corrected chi connectivity index (χ1v) is 18.4. The van der Waals surface area contributed by atoms with Crippen LogP contribution in [0.5, 0.6) is 0 Å². The first-order valence-electron chi connectivity index (χ1n) is 18.4. The van der Waals surface area contributed by atoms with Gasteiger partial charge in [-0.05, 0) is 44.1 Å². The molecule has 2 aromatic carbocycles. The van der Waals surface area contributed by atoms with Crippen LogP contribution in [0.4, 0.5) is 22.0 Å². The highest BCUT2D eigenvalue weighted by Gasteiger charge is 2.47. The number of halogens is 5. The summed E-state index contributed by atoms with van der Waals surface area (Å²) >= 11 is 0. The minimum absolute atomic E-state index is 0.0267. The maximum absolute atomic E-state index is 14.4. The molecule has 2 aliphatic heterocycles. The first-order chi connectivity index (χ1) is 26.0. The normalized spacial score (nSPS) is 20.4. The number of aliphatic hydroxyl groups is 1. The van der Waals surface area contributed by atoms with Crippen molar-refractivity contribution in [1.29, 1.82) is 0 Å². The van der Waals surface area contributed by atoms with E-state index in [1.165, 1.54) is 9.80 Å². The van der Waals surface area contributed by atoms with E-state index in [-0.39, 0.29) is 51.6 Å². The van der Waals surface area contributed by atoms with Gasteiger partial charge in [-0.2, -0.15) is 0 Å². The summed E-state index contributed by atoms with van der Waals surface area (Å²) in [5.74, 6) is -14.5. The molecule has 2 unspecified atom stereocenters. The predicted octanol–water partition coefficient (Wildman–Crippen LogP) is 2.56. The van der Waals surface area contributed by atoms with E-state index in [0.29, 0.717) is 6.42 Å². The zero-order valence-electron chi connectivity index (χ0n) is 30.9. The van der Waals surface area contributed by atoms with Crippen LogP contribution < -0.4 is 16.4 Å². The minimum atomic E-state index is -2.34. The number of hydrogen-bond donors (Lipinski definition) is 5. The third-order valence-electron chi connectivity index (χ3n) is 10.8. The smallest absolute Gasteiger partial charge is 0.321 e. The molecule has 2 heterocycles. The number of ketones is 2. The van der Waals surface area contributed by atoms with Crippen LogP contribution in [0.15, 0.2) is 30.3 Å². The van der Waals surface area contributed by atoms with Gasteiger partial charge in [-0.15, -0.1) is 0 Å². The highest BCUT2D eigenvalue weighted by Crippen LogP contribution is 2.29. The highest BCUT2D eigenvalue weighted by atomic mass is 19.2. The Morgan fingerprint density at radius 2 is 1.47 bits per heavy atom. The Morgan fingerprint density at radius 1 is 0.873 bits per heavy atom. The Morgan fingerprint density at radius 3 is 2.04 bits per heavy atom. The molecule has 6 atom stereocenters. The summed E-state index contributed by atoms with van der Waals surface area (Å²) in [4.78, 5) is 69.9. The molecule has 0 saturated carbocycles. The Labute approximate surface area is 315 Å². The number of aliphatic hydroxyl groups excluding tert-OH is 1. The molecule has 55 heavy (non-hydrogen) atoms. The summed E-state index contributed by atoms with van der Waals surface area (Å²) < 4.78 is 70.0. The first kappa shape index (κ1) is 43.4. The lowest BCUT2D eigenvalue weighted by atomic mass is 9.82. The van der Waals surface area contributed by atoms with Gasteiger partial charge in [0.1, 0.15) is 12.1 Å². The van der Waals surface area contributed by atoms with E-state index in [0.717, 1.165) is 5.56 Å². The fraction of sp³-hybridized carbons (Fsp3) is 0.553. The molecule has 302 valence electrons. The Kier molecular flexibility index (Phi) is 14.6. The van der Waals surface area contributed by atoms with Gasteiger partial charge >= 0.3 is 5.97 Å². The molecule has 0 bridgehead atoms. The van der Waals surface area contributed by atoms with Gasteiger partial charge in [0.15, 0.2) is 34.8 Å². The maximum Gasteiger partial charge on any atom is 0.321 e. The predicted molar refractivity (Wildman–Crippen MR) is 189 cm³/mol. The van der Waals surface area contributed by atoms with Crippen LogP contribution in [0.1, 0.15) is 70.4 Å². The van der Waals surface area contributed by atoms with Gasteiger partial charge in [-0.25, -0.2) is 22.0 Å². The molecule has 12 nitrogen and oxygen atoms in total. The number of carbonyl (C=O) groups is 5. The lowest BCUT2D eigenvalue weighted by molar-refractivity contribution is -0.146. The van der Waals surface area contributed by atoms with Gasteiger partial charge < -0.3 is 25.7 Å². The van der Waals surface area contributed by atoms with E-state index in [1.54, 1.807) is 51.1 Å². The molecular weight excluding hydrogens is 733 g/mol. The number of carboxylic acids is 1. The largest absolute Gasteiger partial charge is 0.480 e. The van der Waals surface area contributed by atoms with Gasteiger partial charge in [0.05, 0.1) is 36.3 Å². The lowest BCUT2D eigenvalue weighted by Crippen LogP contribution is -2.60. The summed E-state index contributed by atoms with van der Waals surface area (Å²) in [5.41, 5.74) is 3.94. The number of nitrogens with zero attached hydrogens (tertiary/aromatic N) is 2. The van der Waals surface area contributed by atoms with Crippen molar-refractivity contribution >= 4 is 29.4 Å². The molecule has 0 aliphatic carbocycles. The monoisotopic (exact) mass is 781 g/mol. The number of nitrogens with two attached hydrogens (primary N) is 1. The molecule has 2 fully saturated rings. The van der Waals surface area contributed by atoms with Crippen molar-refractivity contribution in [3.8, 4) is 0 Å². The molecule has 2 saturated heterocycles. The van der Waals surface area contributed by atoms with Crippen molar-refractivity contribution in [2.24, 2.45) is 5.73 Å². The number of carbonyl (C=O) groups excluding carboxylic acids is 4. The molecule has 17 heteroatoms. The van der Waals surface area contributed by atoms with Crippen molar-refractivity contribution in [3.63, 3.8) is 0 Å².